The molecule has 2 nitrogen and oxygen atoms in total. The van der Waals surface area contributed by atoms with E-state index in [0.29, 0.717) is 0 Å². The van der Waals surface area contributed by atoms with E-state index in [9.17, 15) is 0 Å². The van der Waals surface area contributed by atoms with Gasteiger partial charge in [0, 0.05) is 27.8 Å². The zero-order valence-electron chi connectivity index (χ0n) is 24.6. The van der Waals surface area contributed by atoms with Crippen molar-refractivity contribution in [3.8, 4) is 5.69 Å². The average molecular weight is 565 g/mol. The van der Waals surface area contributed by atoms with E-state index in [1.54, 1.807) is 0 Å². The lowest BCUT2D eigenvalue weighted by Crippen LogP contribution is -2.03. The van der Waals surface area contributed by atoms with Gasteiger partial charge >= 0.3 is 0 Å². The van der Waals surface area contributed by atoms with Gasteiger partial charge in [0.25, 0.3) is 0 Å². The fourth-order valence-corrected chi connectivity index (χ4v) is 7.35. The summed E-state index contributed by atoms with van der Waals surface area (Å²) in [6.07, 6.45) is 13.3. The quantitative estimate of drug-likeness (QED) is 0.225. The minimum absolute atomic E-state index is 1.000. The number of nitrogens with one attached hydrogen (secondary N) is 1. The molecule has 210 valence electrons. The smallest absolute Gasteiger partial charge is 0.0547 e. The highest BCUT2D eigenvalue weighted by Gasteiger charge is 2.20. The third-order valence-corrected chi connectivity index (χ3v) is 9.52. The van der Waals surface area contributed by atoms with Gasteiger partial charge in [0.15, 0.2) is 0 Å². The maximum absolute atomic E-state index is 3.69. The highest BCUT2D eigenvalue weighted by Crippen LogP contribution is 2.41. The molecule has 0 fully saturated rings. The van der Waals surface area contributed by atoms with Crippen LogP contribution >= 0.6 is 0 Å². The standard InChI is InChI=1S/C42H32N2/c1-2-10-32-27-33(14-13-28(32)7-1)29-15-19-34(20-16-29)43-35-21-23-36(24-22-35)44-39-25-17-30-8-3-5-11-37(30)41(39)42-38-12-6-4-9-31(38)18-26-40(42)44/h1-5,7-11,13-15,17-19,21-27,43H,6,12,16,20H2. The lowest BCUT2D eigenvalue weighted by atomic mass is 9.92. The fraction of sp³-hybridized carbons (Fsp3) is 0.0952. The summed E-state index contributed by atoms with van der Waals surface area (Å²) >= 11 is 0. The molecule has 0 atom stereocenters. The van der Waals surface area contributed by atoms with Crippen LogP contribution < -0.4 is 5.32 Å². The molecule has 2 heteroatoms. The van der Waals surface area contributed by atoms with E-state index >= 15 is 0 Å². The van der Waals surface area contributed by atoms with Crippen LogP contribution in [0.1, 0.15) is 36.0 Å². The summed E-state index contributed by atoms with van der Waals surface area (Å²) in [6.45, 7) is 0. The Morgan fingerprint density at radius 3 is 2.23 bits per heavy atom. The summed E-state index contributed by atoms with van der Waals surface area (Å²) in [5, 5.41) is 11.7. The van der Waals surface area contributed by atoms with Crippen LogP contribution in [0.25, 0.3) is 60.7 Å². The van der Waals surface area contributed by atoms with E-state index in [0.717, 1.165) is 31.4 Å². The Morgan fingerprint density at radius 2 is 1.36 bits per heavy atom. The molecule has 0 spiro atoms. The van der Waals surface area contributed by atoms with Gasteiger partial charge in [-0.1, -0.05) is 91.0 Å². The first-order valence-electron chi connectivity index (χ1n) is 15.7. The predicted octanol–water partition coefficient (Wildman–Crippen LogP) is 11.2. The minimum atomic E-state index is 1.000. The molecule has 6 aromatic carbocycles. The van der Waals surface area contributed by atoms with Crippen LogP contribution in [0.5, 0.6) is 0 Å². The summed E-state index contributed by atoms with van der Waals surface area (Å²) in [5.41, 5.74) is 11.7. The molecule has 1 N–H and O–H groups in total. The van der Waals surface area contributed by atoms with Crippen molar-refractivity contribution in [3.63, 3.8) is 0 Å². The molecule has 7 aromatic rings. The minimum Gasteiger partial charge on any atom is -0.359 e. The normalized spacial score (nSPS) is 14.6. The van der Waals surface area contributed by atoms with Gasteiger partial charge in [-0.25, -0.2) is 0 Å². The van der Waals surface area contributed by atoms with Crippen molar-refractivity contribution >= 4 is 60.7 Å². The van der Waals surface area contributed by atoms with E-state index in [4.69, 9.17) is 0 Å². The molecule has 0 saturated heterocycles. The van der Waals surface area contributed by atoms with Gasteiger partial charge in [-0.3, -0.25) is 0 Å². The molecule has 0 aliphatic heterocycles. The molecule has 2 aliphatic carbocycles. The first-order chi connectivity index (χ1) is 21.8. The third-order valence-electron chi connectivity index (χ3n) is 9.52. The van der Waals surface area contributed by atoms with E-state index in [-0.39, 0.29) is 0 Å². The number of rotatable bonds is 4. The number of hydrogen-bond donors (Lipinski definition) is 1. The lowest BCUT2D eigenvalue weighted by Gasteiger charge is -2.18. The second-order valence-corrected chi connectivity index (χ2v) is 12.1. The topological polar surface area (TPSA) is 17.0 Å². The van der Waals surface area contributed by atoms with Gasteiger partial charge in [-0.05, 0) is 118 Å². The lowest BCUT2D eigenvalue weighted by molar-refractivity contribution is 0.982. The average Bonchev–Trinajstić information content (AvgIpc) is 3.44. The fourth-order valence-electron chi connectivity index (χ4n) is 7.35. The van der Waals surface area contributed by atoms with Crippen LogP contribution in [-0.4, -0.2) is 4.57 Å². The molecular formula is C42H32N2. The van der Waals surface area contributed by atoms with Crippen molar-refractivity contribution in [1.29, 1.82) is 0 Å². The largest absolute Gasteiger partial charge is 0.359 e. The molecule has 1 aromatic heterocycles. The van der Waals surface area contributed by atoms with Gasteiger partial charge < -0.3 is 9.88 Å². The van der Waals surface area contributed by atoms with Crippen molar-refractivity contribution < 1.29 is 0 Å². The van der Waals surface area contributed by atoms with E-state index in [1.165, 1.54) is 77.0 Å². The van der Waals surface area contributed by atoms with Crippen molar-refractivity contribution in [2.24, 2.45) is 0 Å². The van der Waals surface area contributed by atoms with Crippen molar-refractivity contribution in [2.45, 2.75) is 25.7 Å². The number of nitrogens with zero attached hydrogens (tertiary/aromatic N) is 1. The molecule has 0 amide bonds. The molecule has 0 radical (unpaired) electrons. The second-order valence-electron chi connectivity index (χ2n) is 12.1. The van der Waals surface area contributed by atoms with Gasteiger partial charge in [-0.15, -0.1) is 0 Å². The SMILES string of the molecule is C1=Cc2ccc3c(c2CC1)c1c2ccccc2ccc1n3-c1ccc(NC2=CC=C(c3ccc4ccccc4c3)CC2)cc1. The monoisotopic (exact) mass is 564 g/mol. The summed E-state index contributed by atoms with van der Waals surface area (Å²) < 4.78 is 2.46. The zero-order chi connectivity index (χ0) is 29.0. The van der Waals surface area contributed by atoms with E-state index < -0.39 is 0 Å². The van der Waals surface area contributed by atoms with E-state index in [1.807, 2.05) is 0 Å². The maximum Gasteiger partial charge on any atom is 0.0547 e. The van der Waals surface area contributed by atoms with Crippen LogP contribution in [0.15, 0.2) is 139 Å². The molecule has 0 bridgehead atoms. The van der Waals surface area contributed by atoms with Crippen LogP contribution in [0.3, 0.4) is 0 Å². The predicted molar refractivity (Wildman–Crippen MR) is 189 cm³/mol. The van der Waals surface area contributed by atoms with E-state index in [2.05, 4.69) is 149 Å². The number of anilines is 1. The number of benzene rings is 6. The number of aromatic nitrogens is 1. The summed E-state index contributed by atoms with van der Waals surface area (Å²) in [5.74, 6) is 0. The number of fused-ring (bicyclic) bond motifs is 8. The molecule has 0 unspecified atom stereocenters. The summed E-state index contributed by atoms with van der Waals surface area (Å²) in [4.78, 5) is 0. The first kappa shape index (κ1) is 25.2. The van der Waals surface area contributed by atoms with Crippen molar-refractivity contribution in [3.05, 3.63) is 156 Å². The summed E-state index contributed by atoms with van der Waals surface area (Å²) in [7, 11) is 0. The highest BCUT2D eigenvalue weighted by atomic mass is 15.0. The first-order valence-corrected chi connectivity index (χ1v) is 15.7. The van der Waals surface area contributed by atoms with Gasteiger partial charge in [0.2, 0.25) is 0 Å². The third kappa shape index (κ3) is 4.10. The number of aryl methyl sites for hydroxylation is 1. The van der Waals surface area contributed by atoms with Gasteiger partial charge in [0.1, 0.15) is 0 Å². The van der Waals surface area contributed by atoms with Crippen LogP contribution in [0.2, 0.25) is 0 Å². The van der Waals surface area contributed by atoms with Gasteiger partial charge in [-0.2, -0.15) is 0 Å². The molecule has 9 rings (SSSR count). The highest BCUT2D eigenvalue weighted by molar-refractivity contribution is 6.22. The Labute approximate surface area is 257 Å². The van der Waals surface area contributed by atoms with Crippen molar-refractivity contribution in [1.82, 2.24) is 4.57 Å². The molecule has 2 aliphatic rings. The van der Waals surface area contributed by atoms with Gasteiger partial charge in [0.05, 0.1) is 11.0 Å². The molecule has 0 saturated carbocycles. The number of hydrogen-bond acceptors (Lipinski definition) is 1. The van der Waals surface area contributed by atoms with Crippen LogP contribution in [-0.2, 0) is 6.42 Å². The Balaban J connectivity index is 1.07. The molecule has 44 heavy (non-hydrogen) atoms. The zero-order valence-corrected chi connectivity index (χ0v) is 24.6. The Kier molecular flexibility index (Phi) is 5.80. The van der Waals surface area contributed by atoms with Crippen LogP contribution in [0, 0.1) is 0 Å². The van der Waals surface area contributed by atoms with Crippen LogP contribution in [0.4, 0.5) is 5.69 Å². The molecular weight excluding hydrogens is 532 g/mol. The molecule has 1 heterocycles. The van der Waals surface area contributed by atoms with Crippen molar-refractivity contribution in [2.75, 3.05) is 5.32 Å². The number of allylic oxidation sites excluding steroid dienone is 5. The maximum atomic E-state index is 3.69. The Morgan fingerprint density at radius 1 is 0.591 bits per heavy atom. The Bertz CT molecular complexity index is 2340. The summed E-state index contributed by atoms with van der Waals surface area (Å²) in [6, 6.07) is 42.4. The Hall–Kier alpha value is -5.34. The second kappa shape index (κ2) is 10.1.